The molecule has 0 bridgehead atoms. The third-order valence-electron chi connectivity index (χ3n) is 2.38. The van der Waals surface area contributed by atoms with E-state index in [0.29, 0.717) is 11.1 Å². The number of carbonyl (C=O) groups excluding carboxylic acids is 1. The molecule has 17 heavy (non-hydrogen) atoms. The van der Waals surface area contributed by atoms with E-state index >= 15 is 0 Å². The summed E-state index contributed by atoms with van der Waals surface area (Å²) in [4.78, 5) is 21.9. The third-order valence-corrected chi connectivity index (χ3v) is 3.12. The van der Waals surface area contributed by atoms with Gasteiger partial charge in [0.2, 0.25) is 0 Å². The first kappa shape index (κ1) is 13.5. The highest BCUT2D eigenvalue weighted by molar-refractivity contribution is 9.10. The van der Waals surface area contributed by atoms with Gasteiger partial charge in [0, 0.05) is 6.92 Å². The molecule has 0 saturated heterocycles. The van der Waals surface area contributed by atoms with Gasteiger partial charge in [-0.05, 0) is 40.9 Å². The number of ether oxygens (including phenoxy) is 1. The van der Waals surface area contributed by atoms with E-state index < -0.39 is 17.7 Å². The van der Waals surface area contributed by atoms with Gasteiger partial charge in [-0.25, -0.2) is 4.79 Å². The zero-order valence-electron chi connectivity index (χ0n) is 9.50. The van der Waals surface area contributed by atoms with Crippen LogP contribution in [0.3, 0.4) is 0 Å². The van der Waals surface area contributed by atoms with Crippen molar-refractivity contribution in [1.29, 1.82) is 0 Å². The van der Waals surface area contributed by atoms with Gasteiger partial charge >= 0.3 is 11.9 Å². The van der Waals surface area contributed by atoms with Crippen LogP contribution in [0.25, 0.3) is 0 Å². The summed E-state index contributed by atoms with van der Waals surface area (Å²) in [5.74, 6) is -2.09. The van der Waals surface area contributed by atoms with Gasteiger partial charge in [0.05, 0.1) is 0 Å². The molecule has 0 aliphatic carbocycles. The van der Waals surface area contributed by atoms with Crippen LogP contribution in [-0.4, -0.2) is 22.2 Å². The molecule has 1 aromatic rings. The third kappa shape index (κ3) is 2.41. The molecule has 92 valence electrons. The maximum absolute atomic E-state index is 11.0. The number of esters is 1. The lowest BCUT2D eigenvalue weighted by Crippen LogP contribution is -2.08. The smallest absolute Gasteiger partial charge is 0.339 e. The van der Waals surface area contributed by atoms with Crippen molar-refractivity contribution in [3.05, 3.63) is 21.2 Å². The van der Waals surface area contributed by atoms with Crippen LogP contribution in [0.5, 0.6) is 11.5 Å². The first-order valence-electron chi connectivity index (χ1n) is 4.70. The number of halogens is 1. The van der Waals surface area contributed by atoms with Crippen molar-refractivity contribution in [3.63, 3.8) is 0 Å². The standard InChI is InChI=1S/C11H11BrO5/c1-4-5(2)10(17-6(3)13)8(12)9(14)7(4)11(15)16/h14H,1-3H3,(H,15,16). The molecule has 0 radical (unpaired) electrons. The Kier molecular flexibility index (Phi) is 3.77. The van der Waals surface area contributed by atoms with Gasteiger partial charge in [0.15, 0.2) is 5.75 Å². The summed E-state index contributed by atoms with van der Waals surface area (Å²) in [6.45, 7) is 4.38. The Labute approximate surface area is 106 Å². The second-order valence-corrected chi connectivity index (χ2v) is 4.31. The first-order valence-corrected chi connectivity index (χ1v) is 5.50. The van der Waals surface area contributed by atoms with Gasteiger partial charge < -0.3 is 14.9 Å². The predicted molar refractivity (Wildman–Crippen MR) is 63.5 cm³/mol. The Balaban J connectivity index is 3.58. The minimum atomic E-state index is -1.24. The van der Waals surface area contributed by atoms with Crippen molar-refractivity contribution in [2.45, 2.75) is 20.8 Å². The average Bonchev–Trinajstić information content (AvgIpc) is 2.21. The van der Waals surface area contributed by atoms with Crippen LogP contribution >= 0.6 is 15.9 Å². The van der Waals surface area contributed by atoms with Gasteiger partial charge in [0.1, 0.15) is 15.8 Å². The summed E-state index contributed by atoms with van der Waals surface area (Å²) < 4.78 is 5.00. The molecular weight excluding hydrogens is 292 g/mol. The van der Waals surface area contributed by atoms with Crippen LogP contribution in [0, 0.1) is 13.8 Å². The highest BCUT2D eigenvalue weighted by atomic mass is 79.9. The van der Waals surface area contributed by atoms with Gasteiger partial charge in [0.25, 0.3) is 0 Å². The Morgan fingerprint density at radius 2 is 1.76 bits per heavy atom. The summed E-state index contributed by atoms with van der Waals surface area (Å²) >= 11 is 3.02. The van der Waals surface area contributed by atoms with Crippen LogP contribution in [0.2, 0.25) is 0 Å². The van der Waals surface area contributed by atoms with Crippen LogP contribution in [0.1, 0.15) is 28.4 Å². The zero-order valence-corrected chi connectivity index (χ0v) is 11.1. The minimum Gasteiger partial charge on any atom is -0.506 e. The molecule has 0 spiro atoms. The topological polar surface area (TPSA) is 83.8 Å². The summed E-state index contributed by atoms with van der Waals surface area (Å²) in [6.07, 6.45) is 0. The molecule has 0 unspecified atom stereocenters. The van der Waals surface area contributed by atoms with Crippen molar-refractivity contribution in [2.24, 2.45) is 0 Å². The molecule has 2 N–H and O–H groups in total. The van der Waals surface area contributed by atoms with E-state index in [1.54, 1.807) is 6.92 Å². The molecular formula is C11H11BrO5. The van der Waals surface area contributed by atoms with E-state index in [4.69, 9.17) is 9.84 Å². The normalized spacial score (nSPS) is 10.1. The molecule has 0 aromatic heterocycles. The molecule has 0 amide bonds. The molecule has 6 heteroatoms. The summed E-state index contributed by atoms with van der Waals surface area (Å²) in [5.41, 5.74) is 0.641. The molecule has 0 atom stereocenters. The molecule has 0 aliphatic rings. The molecule has 0 saturated carbocycles. The fraction of sp³-hybridized carbons (Fsp3) is 0.273. The summed E-state index contributed by atoms with van der Waals surface area (Å²) in [6, 6.07) is 0. The lowest BCUT2D eigenvalue weighted by atomic mass is 10.0. The second kappa shape index (κ2) is 4.75. The van der Waals surface area contributed by atoms with Gasteiger partial charge in [-0.2, -0.15) is 0 Å². The quantitative estimate of drug-likeness (QED) is 0.647. The van der Waals surface area contributed by atoms with Crippen molar-refractivity contribution in [2.75, 3.05) is 0 Å². The van der Waals surface area contributed by atoms with E-state index in [0.717, 1.165) is 0 Å². The van der Waals surface area contributed by atoms with E-state index in [1.165, 1.54) is 13.8 Å². The Morgan fingerprint density at radius 1 is 1.24 bits per heavy atom. The fourth-order valence-electron chi connectivity index (χ4n) is 1.44. The largest absolute Gasteiger partial charge is 0.506 e. The number of hydrogen-bond acceptors (Lipinski definition) is 4. The summed E-state index contributed by atoms with van der Waals surface area (Å²) in [7, 11) is 0. The molecule has 0 aliphatic heterocycles. The summed E-state index contributed by atoms with van der Waals surface area (Å²) in [5, 5.41) is 18.7. The van der Waals surface area contributed by atoms with E-state index in [-0.39, 0.29) is 15.8 Å². The molecule has 5 nitrogen and oxygen atoms in total. The number of carboxylic acids is 1. The highest BCUT2D eigenvalue weighted by Crippen LogP contribution is 2.41. The number of phenols is 1. The fourth-order valence-corrected chi connectivity index (χ4v) is 2.02. The van der Waals surface area contributed by atoms with Crippen molar-refractivity contribution in [3.8, 4) is 11.5 Å². The monoisotopic (exact) mass is 302 g/mol. The number of aromatic carboxylic acids is 1. The molecule has 1 aromatic carbocycles. The highest BCUT2D eigenvalue weighted by Gasteiger charge is 2.23. The predicted octanol–water partition coefficient (Wildman–Crippen LogP) is 2.40. The number of carbonyl (C=O) groups is 2. The van der Waals surface area contributed by atoms with Crippen LogP contribution in [0.15, 0.2) is 4.47 Å². The Hall–Kier alpha value is -1.56. The Bertz CT molecular complexity index is 478. The number of rotatable bonds is 2. The zero-order chi connectivity index (χ0) is 13.3. The first-order chi connectivity index (χ1) is 7.77. The van der Waals surface area contributed by atoms with E-state index in [2.05, 4.69) is 15.9 Å². The van der Waals surface area contributed by atoms with Crippen molar-refractivity contribution >= 4 is 27.9 Å². The molecule has 1 rings (SSSR count). The van der Waals surface area contributed by atoms with E-state index in [9.17, 15) is 14.7 Å². The number of benzene rings is 1. The number of hydrogen-bond donors (Lipinski definition) is 2. The average molecular weight is 303 g/mol. The van der Waals surface area contributed by atoms with E-state index in [1.807, 2.05) is 0 Å². The lowest BCUT2D eigenvalue weighted by Gasteiger charge is -2.15. The second-order valence-electron chi connectivity index (χ2n) is 3.52. The van der Waals surface area contributed by atoms with Gasteiger partial charge in [-0.15, -0.1) is 0 Å². The maximum atomic E-state index is 11.0. The minimum absolute atomic E-state index is 0.0631. The number of carboxylic acid groups (broad SMARTS) is 1. The molecule has 0 heterocycles. The van der Waals surface area contributed by atoms with Gasteiger partial charge in [-0.1, -0.05) is 0 Å². The van der Waals surface area contributed by atoms with Crippen molar-refractivity contribution < 1.29 is 24.5 Å². The SMILES string of the molecule is CC(=O)Oc1c(C)c(C)c(C(=O)O)c(O)c1Br. The van der Waals surface area contributed by atoms with Crippen LogP contribution < -0.4 is 4.74 Å². The van der Waals surface area contributed by atoms with Crippen molar-refractivity contribution in [1.82, 2.24) is 0 Å². The molecule has 0 fully saturated rings. The number of aromatic hydroxyl groups is 1. The van der Waals surface area contributed by atoms with Crippen LogP contribution in [-0.2, 0) is 4.79 Å². The lowest BCUT2D eigenvalue weighted by molar-refractivity contribution is -0.131. The Morgan fingerprint density at radius 3 is 2.18 bits per heavy atom. The van der Waals surface area contributed by atoms with Gasteiger partial charge in [-0.3, -0.25) is 4.79 Å². The maximum Gasteiger partial charge on any atom is 0.339 e. The van der Waals surface area contributed by atoms with Crippen LogP contribution in [0.4, 0.5) is 0 Å².